The standard InChI is InChI=1S/C12H13BrN4O/c1-9(2)18-12-4-3-11(13)5-10(12)6-16-17-7-14-15-8-17/h3-9H,1-2H3/b16-6+. The molecule has 0 saturated heterocycles. The molecular formula is C12H13BrN4O. The van der Waals surface area contributed by atoms with E-state index in [0.717, 1.165) is 15.8 Å². The van der Waals surface area contributed by atoms with Gasteiger partial charge in [-0.25, -0.2) is 4.68 Å². The number of aromatic nitrogens is 3. The molecule has 1 heterocycles. The van der Waals surface area contributed by atoms with Crippen molar-refractivity contribution in [1.29, 1.82) is 0 Å². The molecule has 94 valence electrons. The van der Waals surface area contributed by atoms with E-state index in [1.54, 1.807) is 6.21 Å². The third-order valence-electron chi connectivity index (χ3n) is 2.07. The highest BCUT2D eigenvalue weighted by molar-refractivity contribution is 9.10. The Hall–Kier alpha value is -1.69. The Morgan fingerprint density at radius 1 is 1.33 bits per heavy atom. The van der Waals surface area contributed by atoms with Gasteiger partial charge in [0.2, 0.25) is 0 Å². The lowest BCUT2D eigenvalue weighted by molar-refractivity contribution is 0.242. The van der Waals surface area contributed by atoms with Gasteiger partial charge in [0.1, 0.15) is 18.4 Å². The van der Waals surface area contributed by atoms with Crippen LogP contribution in [0.4, 0.5) is 0 Å². The van der Waals surface area contributed by atoms with Gasteiger partial charge in [0.15, 0.2) is 0 Å². The number of nitrogens with zero attached hydrogens (tertiary/aromatic N) is 4. The van der Waals surface area contributed by atoms with Crippen LogP contribution in [-0.2, 0) is 0 Å². The van der Waals surface area contributed by atoms with Crippen LogP contribution in [0.2, 0.25) is 0 Å². The molecule has 18 heavy (non-hydrogen) atoms. The minimum Gasteiger partial charge on any atom is -0.490 e. The number of halogens is 1. The summed E-state index contributed by atoms with van der Waals surface area (Å²) in [6, 6.07) is 5.80. The summed E-state index contributed by atoms with van der Waals surface area (Å²) in [7, 11) is 0. The molecule has 0 radical (unpaired) electrons. The van der Waals surface area contributed by atoms with E-state index in [1.807, 2.05) is 32.0 Å². The first-order valence-electron chi connectivity index (χ1n) is 5.50. The zero-order valence-corrected chi connectivity index (χ0v) is 11.7. The maximum absolute atomic E-state index is 5.72. The van der Waals surface area contributed by atoms with Crippen LogP contribution in [0.1, 0.15) is 19.4 Å². The van der Waals surface area contributed by atoms with E-state index in [1.165, 1.54) is 17.3 Å². The topological polar surface area (TPSA) is 52.3 Å². The molecule has 1 aromatic carbocycles. The van der Waals surface area contributed by atoms with Crippen molar-refractivity contribution in [2.45, 2.75) is 20.0 Å². The second-order valence-electron chi connectivity index (χ2n) is 3.94. The predicted octanol–water partition coefficient (Wildman–Crippen LogP) is 2.71. The maximum Gasteiger partial charge on any atom is 0.141 e. The molecule has 2 aromatic rings. The van der Waals surface area contributed by atoms with Crippen molar-refractivity contribution in [2.75, 3.05) is 0 Å². The van der Waals surface area contributed by atoms with Gasteiger partial charge in [-0.2, -0.15) is 5.10 Å². The Morgan fingerprint density at radius 3 is 2.72 bits per heavy atom. The second kappa shape index (κ2) is 5.77. The van der Waals surface area contributed by atoms with Gasteiger partial charge in [0.25, 0.3) is 0 Å². The fourth-order valence-corrected chi connectivity index (χ4v) is 1.74. The van der Waals surface area contributed by atoms with Crippen LogP contribution >= 0.6 is 15.9 Å². The molecule has 0 spiro atoms. The average Bonchev–Trinajstić information content (AvgIpc) is 2.82. The largest absolute Gasteiger partial charge is 0.490 e. The van der Waals surface area contributed by atoms with E-state index >= 15 is 0 Å². The highest BCUT2D eigenvalue weighted by Crippen LogP contribution is 2.22. The Bertz CT molecular complexity index is 537. The lowest BCUT2D eigenvalue weighted by Gasteiger charge is -2.12. The van der Waals surface area contributed by atoms with Gasteiger partial charge in [0, 0.05) is 10.0 Å². The van der Waals surface area contributed by atoms with Crippen molar-refractivity contribution in [1.82, 2.24) is 14.9 Å². The Kier molecular flexibility index (Phi) is 4.09. The van der Waals surface area contributed by atoms with Crippen molar-refractivity contribution in [3.63, 3.8) is 0 Å². The van der Waals surface area contributed by atoms with Crippen molar-refractivity contribution >= 4 is 22.1 Å². The van der Waals surface area contributed by atoms with E-state index in [2.05, 4.69) is 31.2 Å². The first kappa shape index (κ1) is 12.8. The third-order valence-corrected chi connectivity index (χ3v) is 2.56. The summed E-state index contributed by atoms with van der Waals surface area (Å²) in [6.07, 6.45) is 4.88. The molecule has 0 unspecified atom stereocenters. The molecule has 0 saturated carbocycles. The minimum absolute atomic E-state index is 0.119. The van der Waals surface area contributed by atoms with Crippen LogP contribution in [0.25, 0.3) is 0 Å². The molecule has 5 nitrogen and oxygen atoms in total. The Morgan fingerprint density at radius 2 is 2.06 bits per heavy atom. The van der Waals surface area contributed by atoms with Crippen molar-refractivity contribution in [3.8, 4) is 5.75 Å². The second-order valence-corrected chi connectivity index (χ2v) is 4.85. The Balaban J connectivity index is 2.27. The first-order chi connectivity index (χ1) is 8.65. The number of benzene rings is 1. The maximum atomic E-state index is 5.72. The van der Waals surface area contributed by atoms with E-state index in [4.69, 9.17) is 4.74 Å². The summed E-state index contributed by atoms with van der Waals surface area (Å²) in [4.78, 5) is 0. The summed E-state index contributed by atoms with van der Waals surface area (Å²) in [6.45, 7) is 3.98. The molecule has 0 bridgehead atoms. The number of hydrogen-bond acceptors (Lipinski definition) is 4. The van der Waals surface area contributed by atoms with Gasteiger partial charge in [-0.1, -0.05) is 15.9 Å². The quantitative estimate of drug-likeness (QED) is 0.816. The Labute approximate surface area is 114 Å². The molecule has 0 aliphatic heterocycles. The average molecular weight is 309 g/mol. The molecule has 2 rings (SSSR count). The van der Waals surface area contributed by atoms with E-state index in [9.17, 15) is 0 Å². The molecule has 0 amide bonds. The molecule has 0 fully saturated rings. The van der Waals surface area contributed by atoms with Gasteiger partial charge in [-0.3, -0.25) is 0 Å². The number of ether oxygens (including phenoxy) is 1. The molecule has 0 aliphatic rings. The van der Waals surface area contributed by atoms with Crippen LogP contribution in [0.3, 0.4) is 0 Å². The van der Waals surface area contributed by atoms with Gasteiger partial charge >= 0.3 is 0 Å². The first-order valence-corrected chi connectivity index (χ1v) is 6.29. The fraction of sp³-hybridized carbons (Fsp3) is 0.250. The van der Waals surface area contributed by atoms with Gasteiger partial charge in [-0.05, 0) is 32.0 Å². The fourth-order valence-electron chi connectivity index (χ4n) is 1.37. The smallest absolute Gasteiger partial charge is 0.141 e. The summed E-state index contributed by atoms with van der Waals surface area (Å²) in [5.41, 5.74) is 0.895. The van der Waals surface area contributed by atoms with Crippen LogP contribution in [0.5, 0.6) is 5.75 Å². The molecule has 1 aromatic heterocycles. The molecule has 0 aliphatic carbocycles. The highest BCUT2D eigenvalue weighted by atomic mass is 79.9. The summed E-state index contributed by atoms with van der Waals surface area (Å²) < 4.78 is 8.22. The van der Waals surface area contributed by atoms with Crippen molar-refractivity contribution in [2.24, 2.45) is 5.10 Å². The monoisotopic (exact) mass is 308 g/mol. The summed E-state index contributed by atoms with van der Waals surface area (Å²) >= 11 is 3.43. The zero-order valence-electron chi connectivity index (χ0n) is 10.1. The lowest BCUT2D eigenvalue weighted by Crippen LogP contribution is -2.07. The third kappa shape index (κ3) is 3.40. The predicted molar refractivity (Wildman–Crippen MR) is 72.9 cm³/mol. The lowest BCUT2D eigenvalue weighted by atomic mass is 10.2. The van der Waals surface area contributed by atoms with Crippen LogP contribution in [0.15, 0.2) is 40.4 Å². The van der Waals surface area contributed by atoms with Gasteiger partial charge < -0.3 is 4.74 Å². The molecule has 0 N–H and O–H groups in total. The molecular weight excluding hydrogens is 296 g/mol. The van der Waals surface area contributed by atoms with Crippen LogP contribution in [-0.4, -0.2) is 27.2 Å². The highest BCUT2D eigenvalue weighted by Gasteiger charge is 2.04. The zero-order chi connectivity index (χ0) is 13.0. The summed E-state index contributed by atoms with van der Waals surface area (Å²) in [5.74, 6) is 0.796. The van der Waals surface area contributed by atoms with Crippen LogP contribution in [0, 0.1) is 0 Å². The van der Waals surface area contributed by atoms with Gasteiger partial charge in [0.05, 0.1) is 12.3 Å². The normalized spacial score (nSPS) is 11.3. The van der Waals surface area contributed by atoms with E-state index < -0.39 is 0 Å². The van der Waals surface area contributed by atoms with Gasteiger partial charge in [-0.15, -0.1) is 10.2 Å². The SMILES string of the molecule is CC(C)Oc1ccc(Br)cc1/C=N/n1cnnc1. The number of rotatable bonds is 4. The van der Waals surface area contributed by atoms with Crippen molar-refractivity contribution in [3.05, 3.63) is 40.9 Å². The minimum atomic E-state index is 0.119. The molecule has 6 heteroatoms. The van der Waals surface area contributed by atoms with E-state index in [-0.39, 0.29) is 6.10 Å². The molecule has 0 atom stereocenters. The van der Waals surface area contributed by atoms with Crippen LogP contribution < -0.4 is 4.74 Å². The van der Waals surface area contributed by atoms with E-state index in [0.29, 0.717) is 0 Å². The number of hydrogen-bond donors (Lipinski definition) is 0. The van der Waals surface area contributed by atoms with Crippen molar-refractivity contribution < 1.29 is 4.74 Å². The summed E-state index contributed by atoms with van der Waals surface area (Å²) in [5, 5.41) is 11.6.